The maximum absolute atomic E-state index is 13.0. The Hall–Kier alpha value is -3.75. The van der Waals surface area contributed by atoms with Gasteiger partial charge in [0.25, 0.3) is 11.1 Å². The Balaban J connectivity index is 1.31. The Morgan fingerprint density at radius 2 is 1.67 bits per heavy atom. The minimum Gasteiger partial charge on any atom is -0.492 e. The number of halogens is 1. The van der Waals surface area contributed by atoms with Gasteiger partial charge in [0.15, 0.2) is 11.5 Å². The summed E-state index contributed by atoms with van der Waals surface area (Å²) in [6.45, 7) is 3.10. The summed E-state index contributed by atoms with van der Waals surface area (Å²) in [5, 5.41) is 1.97. The Labute approximate surface area is 239 Å². The van der Waals surface area contributed by atoms with Crippen molar-refractivity contribution in [3.05, 3.63) is 105 Å². The number of benzene rings is 4. The number of thioether (sulfide) groups is 1. The summed E-state index contributed by atoms with van der Waals surface area (Å²) < 4.78 is 18.5. The van der Waals surface area contributed by atoms with Gasteiger partial charge in [-0.05, 0) is 86.9 Å². The largest absolute Gasteiger partial charge is 0.492 e. The fourth-order valence-corrected chi connectivity index (χ4v) is 5.70. The van der Waals surface area contributed by atoms with E-state index in [1.165, 1.54) is 4.90 Å². The molecule has 6 nitrogen and oxygen atoms in total. The SMILES string of the molecule is CCOc1cc(/C=C2\SC(=O)N(CCOc3ccccc3)C2=O)cc(Br)c1OCc1cccc2ccccc12. The standard InChI is InChI=1S/C31H26BrNO5S/c1-2-36-27-18-21(17-26(32)29(27)38-20-23-11-8-10-22-9-6-7-14-25(22)23)19-28-30(34)33(31(35)39-28)15-16-37-24-12-4-3-5-13-24/h3-14,17-19H,2,15-16,20H2,1H3/b28-19-. The van der Waals surface area contributed by atoms with Gasteiger partial charge in [-0.1, -0.05) is 60.7 Å². The van der Waals surface area contributed by atoms with Crippen LogP contribution in [0.1, 0.15) is 18.1 Å². The highest BCUT2D eigenvalue weighted by molar-refractivity contribution is 9.10. The van der Waals surface area contributed by atoms with E-state index in [4.69, 9.17) is 14.2 Å². The fourth-order valence-electron chi connectivity index (χ4n) is 4.26. The van der Waals surface area contributed by atoms with Gasteiger partial charge in [-0.15, -0.1) is 0 Å². The van der Waals surface area contributed by atoms with Crippen molar-refractivity contribution >= 4 is 55.7 Å². The third-order valence-corrected chi connectivity index (χ3v) is 7.58. The summed E-state index contributed by atoms with van der Waals surface area (Å²) >= 11 is 4.53. The van der Waals surface area contributed by atoms with Crippen LogP contribution >= 0.6 is 27.7 Å². The molecule has 1 aliphatic heterocycles. The van der Waals surface area contributed by atoms with Crippen LogP contribution in [0.25, 0.3) is 16.8 Å². The van der Waals surface area contributed by atoms with E-state index in [1.54, 1.807) is 6.08 Å². The average molecular weight is 605 g/mol. The van der Waals surface area contributed by atoms with Gasteiger partial charge in [0.2, 0.25) is 0 Å². The Morgan fingerprint density at radius 3 is 2.49 bits per heavy atom. The van der Waals surface area contributed by atoms with E-state index < -0.39 is 0 Å². The number of imide groups is 1. The zero-order chi connectivity index (χ0) is 27.2. The second-order valence-electron chi connectivity index (χ2n) is 8.68. The predicted octanol–water partition coefficient (Wildman–Crippen LogP) is 7.70. The molecule has 5 rings (SSSR count). The third-order valence-electron chi connectivity index (χ3n) is 6.08. The van der Waals surface area contributed by atoms with E-state index in [9.17, 15) is 9.59 Å². The lowest BCUT2D eigenvalue weighted by atomic mass is 10.1. The van der Waals surface area contributed by atoms with Crippen molar-refractivity contribution in [2.75, 3.05) is 19.8 Å². The first kappa shape index (κ1) is 26.8. The Bertz CT molecular complexity index is 1530. The van der Waals surface area contributed by atoms with Crippen molar-refractivity contribution in [3.63, 3.8) is 0 Å². The van der Waals surface area contributed by atoms with Crippen LogP contribution in [-0.2, 0) is 11.4 Å². The smallest absolute Gasteiger partial charge is 0.293 e. The van der Waals surface area contributed by atoms with Crippen LogP contribution in [0.5, 0.6) is 17.2 Å². The fraction of sp³-hybridized carbons (Fsp3) is 0.161. The molecule has 39 heavy (non-hydrogen) atoms. The van der Waals surface area contributed by atoms with Crippen molar-refractivity contribution in [1.29, 1.82) is 0 Å². The molecule has 198 valence electrons. The number of hydrogen-bond donors (Lipinski definition) is 0. The van der Waals surface area contributed by atoms with Crippen molar-refractivity contribution in [1.82, 2.24) is 4.90 Å². The van der Waals surface area contributed by atoms with Crippen LogP contribution in [0, 0.1) is 0 Å². The molecule has 0 unspecified atom stereocenters. The zero-order valence-electron chi connectivity index (χ0n) is 21.3. The Kier molecular flexibility index (Phi) is 8.54. The van der Waals surface area contributed by atoms with E-state index in [0.29, 0.717) is 45.4 Å². The van der Waals surface area contributed by atoms with Crippen LogP contribution in [-0.4, -0.2) is 35.8 Å². The van der Waals surface area contributed by atoms with Gasteiger partial charge in [0, 0.05) is 0 Å². The normalized spacial score (nSPS) is 14.3. The average Bonchev–Trinajstić information content (AvgIpc) is 3.20. The summed E-state index contributed by atoms with van der Waals surface area (Å²) in [5.74, 6) is 1.48. The lowest BCUT2D eigenvalue weighted by Gasteiger charge is -2.16. The van der Waals surface area contributed by atoms with Crippen molar-refractivity contribution < 1.29 is 23.8 Å². The molecule has 0 aliphatic carbocycles. The molecule has 0 spiro atoms. The van der Waals surface area contributed by atoms with E-state index in [2.05, 4.69) is 34.1 Å². The van der Waals surface area contributed by atoms with Crippen molar-refractivity contribution in [2.45, 2.75) is 13.5 Å². The minimum atomic E-state index is -0.341. The lowest BCUT2D eigenvalue weighted by Crippen LogP contribution is -2.32. The number of hydrogen-bond acceptors (Lipinski definition) is 6. The van der Waals surface area contributed by atoms with Crippen LogP contribution in [0.2, 0.25) is 0 Å². The quantitative estimate of drug-likeness (QED) is 0.173. The molecule has 1 heterocycles. The number of ether oxygens (including phenoxy) is 3. The van der Waals surface area contributed by atoms with Gasteiger partial charge in [-0.25, -0.2) is 0 Å². The monoisotopic (exact) mass is 603 g/mol. The maximum Gasteiger partial charge on any atom is 0.293 e. The third kappa shape index (κ3) is 6.29. The number of carbonyl (C=O) groups is 2. The van der Waals surface area contributed by atoms with Gasteiger partial charge in [-0.2, -0.15) is 0 Å². The molecule has 0 N–H and O–H groups in total. The second kappa shape index (κ2) is 12.4. The molecule has 0 aromatic heterocycles. The second-order valence-corrected chi connectivity index (χ2v) is 10.5. The van der Waals surface area contributed by atoms with Gasteiger partial charge in [-0.3, -0.25) is 14.5 Å². The number of nitrogens with zero attached hydrogens (tertiary/aromatic N) is 1. The van der Waals surface area contributed by atoms with Crippen LogP contribution in [0.3, 0.4) is 0 Å². The number of fused-ring (bicyclic) bond motifs is 1. The van der Waals surface area contributed by atoms with E-state index >= 15 is 0 Å². The van der Waals surface area contributed by atoms with E-state index in [0.717, 1.165) is 28.1 Å². The zero-order valence-corrected chi connectivity index (χ0v) is 23.7. The molecule has 1 saturated heterocycles. The highest BCUT2D eigenvalue weighted by Gasteiger charge is 2.35. The van der Waals surface area contributed by atoms with E-state index in [1.807, 2.05) is 73.7 Å². The van der Waals surface area contributed by atoms with Crippen LogP contribution in [0.4, 0.5) is 4.79 Å². The molecule has 0 saturated carbocycles. The number of rotatable bonds is 10. The van der Waals surface area contributed by atoms with Gasteiger partial charge >= 0.3 is 0 Å². The molecule has 4 aromatic rings. The first-order chi connectivity index (χ1) is 19.0. The van der Waals surface area contributed by atoms with Gasteiger partial charge in [0.05, 0.1) is 22.5 Å². The Morgan fingerprint density at radius 1 is 0.897 bits per heavy atom. The van der Waals surface area contributed by atoms with Crippen LogP contribution < -0.4 is 14.2 Å². The molecule has 1 fully saturated rings. The number of amides is 2. The molecule has 4 aromatic carbocycles. The van der Waals surface area contributed by atoms with Crippen molar-refractivity contribution in [3.8, 4) is 17.2 Å². The molecule has 0 bridgehead atoms. The summed E-state index contributed by atoms with van der Waals surface area (Å²) in [7, 11) is 0. The predicted molar refractivity (Wildman–Crippen MR) is 158 cm³/mol. The highest BCUT2D eigenvalue weighted by Crippen LogP contribution is 2.40. The molecular weight excluding hydrogens is 578 g/mol. The number of carbonyl (C=O) groups excluding carboxylic acids is 2. The minimum absolute atomic E-state index is 0.172. The summed E-state index contributed by atoms with van der Waals surface area (Å²) in [5.41, 5.74) is 1.78. The maximum atomic E-state index is 13.0. The van der Waals surface area contributed by atoms with Crippen LogP contribution in [0.15, 0.2) is 94.3 Å². The topological polar surface area (TPSA) is 65.1 Å². The van der Waals surface area contributed by atoms with Crippen molar-refractivity contribution in [2.24, 2.45) is 0 Å². The first-order valence-electron chi connectivity index (χ1n) is 12.5. The molecule has 2 amide bonds. The van der Waals surface area contributed by atoms with Gasteiger partial charge < -0.3 is 14.2 Å². The van der Waals surface area contributed by atoms with E-state index in [-0.39, 0.29) is 24.3 Å². The summed E-state index contributed by atoms with van der Waals surface area (Å²) in [4.78, 5) is 27.1. The highest BCUT2D eigenvalue weighted by atomic mass is 79.9. The number of para-hydroxylation sites is 1. The molecule has 1 aliphatic rings. The van der Waals surface area contributed by atoms with Gasteiger partial charge in [0.1, 0.15) is 19.0 Å². The molecule has 0 radical (unpaired) electrons. The molecule has 8 heteroatoms. The first-order valence-corrected chi connectivity index (χ1v) is 14.1. The summed E-state index contributed by atoms with van der Waals surface area (Å²) in [6.07, 6.45) is 1.70. The summed E-state index contributed by atoms with van der Waals surface area (Å²) in [6, 6.07) is 27.3. The molecule has 0 atom stereocenters. The lowest BCUT2D eigenvalue weighted by molar-refractivity contribution is -0.123. The molecular formula is C31H26BrNO5S.